The first-order valence-corrected chi connectivity index (χ1v) is 10.5. The van der Waals surface area contributed by atoms with Crippen molar-refractivity contribution in [2.75, 3.05) is 26.1 Å². The Labute approximate surface area is 184 Å². The molecule has 1 N–H and O–H groups in total. The van der Waals surface area contributed by atoms with Gasteiger partial charge >= 0.3 is 5.97 Å². The highest BCUT2D eigenvalue weighted by molar-refractivity contribution is 7.12. The molecule has 2 heterocycles. The summed E-state index contributed by atoms with van der Waals surface area (Å²) in [4.78, 5) is 28.4. The average molecular weight is 445 g/mol. The molecule has 31 heavy (non-hydrogen) atoms. The molecule has 0 bridgehead atoms. The number of ether oxygens (including phenoxy) is 3. The maximum atomic E-state index is 12.3. The van der Waals surface area contributed by atoms with Gasteiger partial charge in [-0.3, -0.25) is 9.59 Å². The Morgan fingerprint density at radius 1 is 1.13 bits per heavy atom. The fourth-order valence-electron chi connectivity index (χ4n) is 2.88. The summed E-state index contributed by atoms with van der Waals surface area (Å²) in [7, 11) is 3.17. The van der Waals surface area contributed by atoms with Crippen LogP contribution >= 0.6 is 11.3 Å². The van der Waals surface area contributed by atoms with Gasteiger partial charge in [-0.2, -0.15) is 9.78 Å². The second-order valence-corrected chi connectivity index (χ2v) is 7.36. The zero-order chi connectivity index (χ0) is 22.4. The first-order valence-electron chi connectivity index (χ1n) is 9.65. The third-order valence-corrected chi connectivity index (χ3v) is 5.13. The van der Waals surface area contributed by atoms with E-state index in [9.17, 15) is 9.59 Å². The Kier molecular flexibility index (Phi) is 7.24. The van der Waals surface area contributed by atoms with Crippen LogP contribution in [0, 0.1) is 6.92 Å². The van der Waals surface area contributed by atoms with Crippen molar-refractivity contribution < 1.29 is 23.8 Å². The zero-order valence-electron chi connectivity index (χ0n) is 17.8. The minimum atomic E-state index is -0.401. The molecule has 9 nitrogen and oxygen atoms in total. The Morgan fingerprint density at radius 3 is 2.61 bits per heavy atom. The monoisotopic (exact) mass is 444 g/mol. The number of benzene rings is 1. The predicted molar refractivity (Wildman–Crippen MR) is 117 cm³/mol. The average Bonchev–Trinajstić information content (AvgIpc) is 3.38. The van der Waals surface area contributed by atoms with Gasteiger partial charge in [-0.15, -0.1) is 11.3 Å². The van der Waals surface area contributed by atoms with Gasteiger partial charge in [0.05, 0.1) is 38.6 Å². The Balaban J connectivity index is 1.78. The lowest BCUT2D eigenvalue weighted by molar-refractivity contribution is -0.144. The van der Waals surface area contributed by atoms with Crippen LogP contribution in [0.3, 0.4) is 0 Å². The number of anilines is 1. The van der Waals surface area contributed by atoms with E-state index < -0.39 is 5.97 Å². The number of amides is 1. The number of carbonyl (C=O) groups is 2. The minimum absolute atomic E-state index is 0.0213. The van der Waals surface area contributed by atoms with Crippen LogP contribution in [0.1, 0.15) is 25.5 Å². The number of carbonyl (C=O) groups excluding carboxylic acids is 2. The normalized spacial score (nSPS) is 10.6. The van der Waals surface area contributed by atoms with Gasteiger partial charge in [-0.05, 0) is 32.0 Å². The highest BCUT2D eigenvalue weighted by Gasteiger charge is 2.16. The largest absolute Gasteiger partial charge is 0.493 e. The molecule has 0 radical (unpaired) electrons. The summed E-state index contributed by atoms with van der Waals surface area (Å²) >= 11 is 1.39. The molecule has 0 fully saturated rings. The van der Waals surface area contributed by atoms with Crippen LogP contribution < -0.4 is 14.8 Å². The molecule has 0 atom stereocenters. The van der Waals surface area contributed by atoms with Crippen molar-refractivity contribution in [2.24, 2.45) is 0 Å². The number of hydrogen-bond acceptors (Lipinski definition) is 8. The molecule has 2 aromatic heterocycles. The van der Waals surface area contributed by atoms with Gasteiger partial charge in [0.2, 0.25) is 11.0 Å². The third kappa shape index (κ3) is 5.40. The number of hydrogen-bond donors (Lipinski definition) is 1. The fraction of sp³-hybridized carbons (Fsp3) is 0.333. The molecular formula is C21H24N4O5S. The number of aromatic nitrogens is 3. The Bertz CT molecular complexity index is 1080. The molecule has 0 saturated carbocycles. The number of aryl methyl sites for hydroxylation is 1. The predicted octanol–water partition coefficient (Wildman–Crippen LogP) is 3.60. The molecule has 1 aromatic carbocycles. The van der Waals surface area contributed by atoms with Crippen LogP contribution in [0.5, 0.6) is 11.5 Å². The lowest BCUT2D eigenvalue weighted by Crippen LogP contribution is -2.16. The Morgan fingerprint density at radius 2 is 1.90 bits per heavy atom. The Hall–Kier alpha value is -3.40. The summed E-state index contributed by atoms with van der Waals surface area (Å²) in [5.74, 6) is 1.03. The summed E-state index contributed by atoms with van der Waals surface area (Å²) in [6.07, 6.45) is 0.0469. The van der Waals surface area contributed by atoms with E-state index in [-0.39, 0.29) is 18.7 Å². The van der Waals surface area contributed by atoms with E-state index in [1.807, 2.05) is 30.5 Å². The molecule has 0 aliphatic carbocycles. The molecule has 0 saturated heterocycles. The molecule has 0 unspecified atom stereocenters. The van der Waals surface area contributed by atoms with Gasteiger partial charge < -0.3 is 19.5 Å². The standard InChI is InChI=1S/C21H24N4O5S/c1-5-30-20(27)9-8-19(26)23-18-10-13(2)24-25(18)21-22-15(12-31-21)14-6-7-16(28-3)17(11-14)29-4/h6-7,10-12H,5,8-9H2,1-4H3,(H,23,26). The molecule has 164 valence electrons. The minimum Gasteiger partial charge on any atom is -0.493 e. The smallest absolute Gasteiger partial charge is 0.306 e. The van der Waals surface area contributed by atoms with Crippen molar-refractivity contribution in [1.29, 1.82) is 0 Å². The first-order chi connectivity index (χ1) is 14.9. The van der Waals surface area contributed by atoms with Crippen LogP contribution in [-0.4, -0.2) is 47.5 Å². The molecule has 0 aliphatic heterocycles. The second-order valence-electron chi connectivity index (χ2n) is 6.52. The van der Waals surface area contributed by atoms with Gasteiger partial charge in [-0.25, -0.2) is 4.98 Å². The molecule has 3 rings (SSSR count). The lowest BCUT2D eigenvalue weighted by Gasteiger charge is -2.08. The number of rotatable bonds is 9. The number of nitrogens with zero attached hydrogens (tertiary/aromatic N) is 3. The molecule has 1 amide bonds. The molecule has 10 heteroatoms. The quantitative estimate of drug-likeness (QED) is 0.503. The lowest BCUT2D eigenvalue weighted by atomic mass is 10.1. The van der Waals surface area contributed by atoms with Crippen molar-refractivity contribution >= 4 is 29.0 Å². The van der Waals surface area contributed by atoms with E-state index in [0.717, 1.165) is 17.0 Å². The summed E-state index contributed by atoms with van der Waals surface area (Å²) in [5.41, 5.74) is 2.33. The van der Waals surface area contributed by atoms with Crippen molar-refractivity contribution in [3.63, 3.8) is 0 Å². The number of nitrogens with one attached hydrogen (secondary N) is 1. The molecular weight excluding hydrogens is 420 g/mol. The van der Waals surface area contributed by atoms with E-state index in [1.165, 1.54) is 11.3 Å². The summed E-state index contributed by atoms with van der Waals surface area (Å²) < 4.78 is 17.1. The van der Waals surface area contributed by atoms with Crippen molar-refractivity contribution in [2.45, 2.75) is 26.7 Å². The zero-order valence-corrected chi connectivity index (χ0v) is 18.6. The van der Waals surface area contributed by atoms with Gasteiger partial charge in [0.25, 0.3) is 0 Å². The van der Waals surface area contributed by atoms with Gasteiger partial charge in [0, 0.05) is 23.4 Å². The highest BCUT2D eigenvalue weighted by Crippen LogP contribution is 2.33. The third-order valence-electron chi connectivity index (χ3n) is 4.31. The van der Waals surface area contributed by atoms with Crippen LogP contribution in [-0.2, 0) is 14.3 Å². The number of esters is 1. The summed E-state index contributed by atoms with van der Waals surface area (Å²) in [6, 6.07) is 7.32. The SMILES string of the molecule is CCOC(=O)CCC(=O)Nc1cc(C)nn1-c1nc(-c2ccc(OC)c(OC)c2)cs1. The van der Waals surface area contributed by atoms with Crippen LogP contribution in [0.2, 0.25) is 0 Å². The van der Waals surface area contributed by atoms with Gasteiger partial charge in [-0.1, -0.05) is 0 Å². The number of methoxy groups -OCH3 is 2. The maximum absolute atomic E-state index is 12.3. The second kappa shape index (κ2) is 10.1. The first kappa shape index (κ1) is 22.3. The van der Waals surface area contributed by atoms with Crippen molar-refractivity contribution in [3.8, 4) is 27.9 Å². The highest BCUT2D eigenvalue weighted by atomic mass is 32.1. The summed E-state index contributed by atoms with van der Waals surface area (Å²) in [6.45, 7) is 3.84. The molecule has 3 aromatic rings. The van der Waals surface area contributed by atoms with Crippen LogP contribution in [0.25, 0.3) is 16.4 Å². The van der Waals surface area contributed by atoms with E-state index in [0.29, 0.717) is 29.1 Å². The van der Waals surface area contributed by atoms with Crippen molar-refractivity contribution in [1.82, 2.24) is 14.8 Å². The van der Waals surface area contributed by atoms with E-state index >= 15 is 0 Å². The van der Waals surface area contributed by atoms with E-state index in [4.69, 9.17) is 14.2 Å². The van der Waals surface area contributed by atoms with Crippen LogP contribution in [0.4, 0.5) is 5.82 Å². The van der Waals surface area contributed by atoms with E-state index in [1.54, 1.807) is 31.9 Å². The molecule has 0 spiro atoms. The van der Waals surface area contributed by atoms with Crippen molar-refractivity contribution in [3.05, 3.63) is 35.3 Å². The van der Waals surface area contributed by atoms with Gasteiger partial charge in [0.1, 0.15) is 5.82 Å². The topological polar surface area (TPSA) is 105 Å². The number of thiazole rings is 1. The van der Waals surface area contributed by atoms with Crippen LogP contribution in [0.15, 0.2) is 29.6 Å². The maximum Gasteiger partial charge on any atom is 0.306 e. The van der Waals surface area contributed by atoms with Gasteiger partial charge in [0.15, 0.2) is 11.5 Å². The van der Waals surface area contributed by atoms with E-state index in [2.05, 4.69) is 15.4 Å². The summed E-state index contributed by atoms with van der Waals surface area (Å²) in [5, 5.41) is 9.73. The molecule has 0 aliphatic rings. The fourth-order valence-corrected chi connectivity index (χ4v) is 3.67.